The molecule has 3 heteroatoms. The van der Waals surface area contributed by atoms with Crippen LogP contribution in [0.4, 0.5) is 0 Å². The van der Waals surface area contributed by atoms with Crippen LogP contribution in [-0.4, -0.2) is 11.5 Å². The molecule has 4 aromatic rings. The first-order chi connectivity index (χ1) is 21.7. The van der Waals surface area contributed by atoms with Crippen LogP contribution in [0.25, 0.3) is 16.7 Å². The van der Waals surface area contributed by atoms with Gasteiger partial charge in [-0.1, -0.05) is 134 Å². The smallest absolute Gasteiger partial charge is 0.178 e. The van der Waals surface area contributed by atoms with Gasteiger partial charge in [-0.15, -0.1) is 0 Å². The van der Waals surface area contributed by atoms with Gasteiger partial charge in [0.25, 0.3) is 0 Å². The molecular formula is C41H37N3. The summed E-state index contributed by atoms with van der Waals surface area (Å²) >= 11 is 0. The van der Waals surface area contributed by atoms with Gasteiger partial charge in [0.2, 0.25) is 0 Å². The van der Waals surface area contributed by atoms with E-state index < -0.39 is 0 Å². The van der Waals surface area contributed by atoms with Crippen molar-refractivity contribution in [2.24, 2.45) is 27.8 Å². The van der Waals surface area contributed by atoms with Crippen molar-refractivity contribution in [3.63, 3.8) is 0 Å². The Balaban J connectivity index is 1.37. The van der Waals surface area contributed by atoms with Gasteiger partial charge in [0, 0.05) is 17.4 Å². The first kappa shape index (κ1) is 27.8. The number of allylic oxidation sites excluding steroid dienone is 8. The van der Waals surface area contributed by atoms with Crippen molar-refractivity contribution in [1.29, 1.82) is 0 Å². The number of nitrogens with zero attached hydrogens (tertiary/aromatic N) is 2. The lowest BCUT2D eigenvalue weighted by molar-refractivity contribution is 0.662. The van der Waals surface area contributed by atoms with E-state index in [1.165, 1.54) is 39.0 Å². The summed E-state index contributed by atoms with van der Waals surface area (Å²) in [6.45, 7) is 2.21. The molecule has 3 unspecified atom stereocenters. The molecule has 0 aromatic heterocycles. The maximum atomic E-state index is 6.17. The number of hydrogen-bond donors (Lipinski definition) is 1. The van der Waals surface area contributed by atoms with Crippen LogP contribution in [-0.2, 0) is 12.8 Å². The Morgan fingerprint density at radius 3 is 2.45 bits per heavy atom. The van der Waals surface area contributed by atoms with Gasteiger partial charge in [0.15, 0.2) is 5.84 Å². The molecule has 0 aliphatic heterocycles. The van der Waals surface area contributed by atoms with Gasteiger partial charge in [-0.25, -0.2) is 4.99 Å². The molecule has 8 rings (SSSR count). The average molecular weight is 572 g/mol. The highest BCUT2D eigenvalue weighted by Gasteiger charge is 2.28. The van der Waals surface area contributed by atoms with Gasteiger partial charge in [0.1, 0.15) is 0 Å². The van der Waals surface area contributed by atoms with Crippen LogP contribution in [0.15, 0.2) is 150 Å². The van der Waals surface area contributed by atoms with Crippen molar-refractivity contribution in [2.45, 2.75) is 32.1 Å². The highest BCUT2D eigenvalue weighted by Crippen LogP contribution is 2.37. The van der Waals surface area contributed by atoms with E-state index in [1.807, 2.05) is 0 Å². The van der Waals surface area contributed by atoms with Crippen molar-refractivity contribution in [3.05, 3.63) is 173 Å². The standard InChI is InChI=1S/C41H37N3/c1-2-29-11-6-7-16-36(29)32-14-10-15-34(26-32)40(38-18-9-8-17-37(38)30-12-4-3-5-13-30)43-41(44-42)35-24-23-33-25-28-19-21-31(22-20-28)39(33)27-35/h3-19,21-24,26-28,37-38H,2,20,25,42H2,1H3/b43-40?,44-41-. The number of rotatable bonds is 6. The third kappa shape index (κ3) is 5.42. The predicted octanol–water partition coefficient (Wildman–Crippen LogP) is 9.07. The van der Waals surface area contributed by atoms with E-state index in [0.717, 1.165) is 36.1 Å². The minimum absolute atomic E-state index is 0.00196. The second kappa shape index (κ2) is 12.3. The predicted molar refractivity (Wildman–Crippen MR) is 185 cm³/mol. The van der Waals surface area contributed by atoms with Crippen molar-refractivity contribution in [2.75, 3.05) is 0 Å². The number of hydrogen-bond acceptors (Lipinski definition) is 2. The molecule has 3 nitrogen and oxygen atoms in total. The molecule has 4 aliphatic carbocycles. The number of amidine groups is 1. The highest BCUT2D eigenvalue weighted by atomic mass is 15.2. The maximum Gasteiger partial charge on any atom is 0.178 e. The van der Waals surface area contributed by atoms with E-state index in [4.69, 9.17) is 10.8 Å². The van der Waals surface area contributed by atoms with Gasteiger partial charge in [-0.3, -0.25) is 0 Å². The van der Waals surface area contributed by atoms with Crippen LogP contribution in [0.2, 0.25) is 0 Å². The Hall–Kier alpha value is -5.02. The lowest BCUT2D eigenvalue weighted by Crippen LogP contribution is -2.24. The zero-order chi connectivity index (χ0) is 29.9. The number of benzene rings is 4. The van der Waals surface area contributed by atoms with Crippen LogP contribution in [0.1, 0.15) is 52.6 Å². The van der Waals surface area contributed by atoms with Gasteiger partial charge in [0.05, 0.1) is 5.71 Å². The van der Waals surface area contributed by atoms with E-state index in [1.54, 1.807) is 0 Å². The van der Waals surface area contributed by atoms with Gasteiger partial charge < -0.3 is 5.84 Å². The molecular weight excluding hydrogens is 534 g/mol. The van der Waals surface area contributed by atoms with E-state index in [2.05, 4.69) is 152 Å². The fourth-order valence-electron chi connectivity index (χ4n) is 6.89. The molecule has 216 valence electrons. The Kier molecular flexibility index (Phi) is 7.77. The summed E-state index contributed by atoms with van der Waals surface area (Å²) in [6.07, 6.45) is 18.9. The Morgan fingerprint density at radius 2 is 1.64 bits per heavy atom. The molecule has 2 N–H and O–H groups in total. The summed E-state index contributed by atoms with van der Waals surface area (Å²) < 4.78 is 0. The fraction of sp³-hybridized carbons (Fsp3) is 0.171. The van der Waals surface area contributed by atoms with Crippen molar-refractivity contribution >= 4 is 17.1 Å². The lowest BCUT2D eigenvalue weighted by atomic mass is 9.78. The Bertz CT molecular complexity index is 1870. The molecule has 0 saturated carbocycles. The minimum Gasteiger partial charge on any atom is -0.321 e. The maximum absolute atomic E-state index is 6.17. The first-order valence-corrected chi connectivity index (χ1v) is 15.7. The Labute approximate surface area is 260 Å². The van der Waals surface area contributed by atoms with E-state index in [9.17, 15) is 0 Å². The summed E-state index contributed by atoms with van der Waals surface area (Å²) in [5.41, 5.74) is 11.9. The first-order valence-electron chi connectivity index (χ1n) is 15.7. The molecule has 0 saturated heterocycles. The second-order valence-corrected chi connectivity index (χ2v) is 11.9. The molecule has 0 fully saturated rings. The Morgan fingerprint density at radius 1 is 0.795 bits per heavy atom. The van der Waals surface area contributed by atoms with Gasteiger partial charge >= 0.3 is 0 Å². The molecule has 0 radical (unpaired) electrons. The number of aryl methyl sites for hydroxylation is 1. The highest BCUT2D eigenvalue weighted by molar-refractivity contribution is 6.14. The van der Waals surface area contributed by atoms with Crippen LogP contribution in [0, 0.1) is 11.8 Å². The van der Waals surface area contributed by atoms with E-state index >= 15 is 0 Å². The third-order valence-corrected chi connectivity index (χ3v) is 9.20. The molecule has 0 amide bonds. The van der Waals surface area contributed by atoms with Crippen LogP contribution in [0.5, 0.6) is 0 Å². The summed E-state index contributed by atoms with van der Waals surface area (Å²) in [4.78, 5) is 5.36. The molecule has 3 atom stereocenters. The molecule has 44 heavy (non-hydrogen) atoms. The molecule has 0 heterocycles. The number of nitrogens with two attached hydrogens (primary N) is 1. The topological polar surface area (TPSA) is 50.7 Å². The molecule has 4 aromatic carbocycles. The van der Waals surface area contributed by atoms with Crippen LogP contribution in [0.3, 0.4) is 0 Å². The summed E-state index contributed by atoms with van der Waals surface area (Å²) in [5.74, 6) is 7.41. The van der Waals surface area contributed by atoms with Gasteiger partial charge in [-0.2, -0.15) is 5.10 Å². The third-order valence-electron chi connectivity index (χ3n) is 9.20. The lowest BCUT2D eigenvalue weighted by Gasteiger charge is -2.27. The van der Waals surface area contributed by atoms with Crippen LogP contribution < -0.4 is 5.84 Å². The monoisotopic (exact) mass is 571 g/mol. The zero-order valence-electron chi connectivity index (χ0n) is 25.1. The summed E-state index contributed by atoms with van der Waals surface area (Å²) in [5, 5.41) is 4.31. The quantitative estimate of drug-likeness (QED) is 0.107. The van der Waals surface area contributed by atoms with E-state index in [-0.39, 0.29) is 11.8 Å². The zero-order valence-corrected chi connectivity index (χ0v) is 25.1. The van der Waals surface area contributed by atoms with Gasteiger partial charge in [-0.05, 0) is 81.8 Å². The normalized spacial score (nSPS) is 20.8. The molecule has 4 aliphatic rings. The number of hydrazone groups is 1. The number of aliphatic imine (C=N–C) groups is 1. The van der Waals surface area contributed by atoms with Crippen molar-refractivity contribution < 1.29 is 0 Å². The molecule has 0 spiro atoms. The van der Waals surface area contributed by atoms with E-state index in [0.29, 0.717) is 11.8 Å². The van der Waals surface area contributed by atoms with Crippen LogP contribution >= 0.6 is 0 Å². The summed E-state index contributed by atoms with van der Waals surface area (Å²) in [7, 11) is 0. The largest absolute Gasteiger partial charge is 0.321 e. The van der Waals surface area contributed by atoms with Crippen molar-refractivity contribution in [1.82, 2.24) is 0 Å². The average Bonchev–Trinajstić information content (AvgIpc) is 3.38. The molecule has 2 bridgehead atoms. The van der Waals surface area contributed by atoms with Crippen molar-refractivity contribution in [3.8, 4) is 11.1 Å². The SMILES string of the molecule is CCc1ccccc1-c1cccc(C(=N/C(=N\N)c2ccc3c(c2)C2=CCC(C=C2)C3)C2C=CC=CC2c2ccccc2)c1. The fourth-order valence-corrected chi connectivity index (χ4v) is 6.89. The second-order valence-electron chi connectivity index (χ2n) is 11.9. The summed E-state index contributed by atoms with van der Waals surface area (Å²) in [6, 6.07) is 34.7. The minimum atomic E-state index is -0.00196. The number of fused-ring (bicyclic) bond motifs is 1.